The number of hydrogen-bond donors (Lipinski definition) is 5. The third-order valence-electron chi connectivity index (χ3n) is 6.41. The Morgan fingerprint density at radius 3 is 2.36 bits per heavy atom. The molecule has 0 fully saturated rings. The van der Waals surface area contributed by atoms with E-state index in [0.29, 0.717) is 12.0 Å². The van der Waals surface area contributed by atoms with E-state index in [9.17, 15) is 24.9 Å². The fourth-order valence-electron chi connectivity index (χ4n) is 4.43. The van der Waals surface area contributed by atoms with Gasteiger partial charge in [-0.1, -0.05) is 42.5 Å². The number of carbonyl (C=O) groups is 2. The van der Waals surface area contributed by atoms with Crippen LogP contribution in [0.1, 0.15) is 45.2 Å². The van der Waals surface area contributed by atoms with Gasteiger partial charge in [0.15, 0.2) is 0 Å². The van der Waals surface area contributed by atoms with E-state index < -0.39 is 41.8 Å². The second-order valence-electron chi connectivity index (χ2n) is 10.7. The molecule has 4 unspecified atom stereocenters. The fraction of sp³-hybridized carbons (Fsp3) is 0.414. The smallest absolute Gasteiger partial charge is 0.410 e. The van der Waals surface area contributed by atoms with Gasteiger partial charge in [-0.25, -0.2) is 9.59 Å². The van der Waals surface area contributed by atoms with Crippen molar-refractivity contribution in [1.82, 2.24) is 15.2 Å². The minimum atomic E-state index is -1.94. The SMILES string of the molecule is CC(O)C(N)(Cc1ccc2ncccc2c1)N(C(=O)O)C(NC(=O)OC(C)(C)C)C(O)CCc1ccccc1. The lowest BCUT2D eigenvalue weighted by molar-refractivity contribution is -0.0714. The number of amides is 2. The zero-order valence-electron chi connectivity index (χ0n) is 22.7. The molecule has 6 N–H and O–H groups in total. The van der Waals surface area contributed by atoms with Gasteiger partial charge in [0.25, 0.3) is 0 Å². The minimum absolute atomic E-state index is 0.103. The standard InChI is InChI=1S/C29H38N4O6/c1-19(34)29(30,18-21-12-14-23-22(17-21)11-8-16-31-23)33(27(37)38)25(32-26(36)39-28(2,3)4)24(35)15-13-20-9-6-5-7-10-20/h5-12,14,16-17,19,24-25,34-35H,13,15,18,30H2,1-4H3,(H,32,36)(H,37,38). The van der Waals surface area contributed by atoms with Crippen molar-refractivity contribution in [2.24, 2.45) is 5.73 Å². The van der Waals surface area contributed by atoms with Crippen molar-refractivity contribution in [3.63, 3.8) is 0 Å². The van der Waals surface area contributed by atoms with E-state index in [1.54, 1.807) is 45.2 Å². The molecule has 0 radical (unpaired) electrons. The molecular formula is C29H38N4O6. The quantitative estimate of drug-likeness (QED) is 0.245. The molecule has 0 spiro atoms. The molecule has 10 heteroatoms. The van der Waals surface area contributed by atoms with Crippen LogP contribution in [0.15, 0.2) is 66.9 Å². The summed E-state index contributed by atoms with van der Waals surface area (Å²) in [5, 5.41) is 35.8. The molecule has 0 bridgehead atoms. The van der Waals surface area contributed by atoms with E-state index in [0.717, 1.165) is 21.4 Å². The van der Waals surface area contributed by atoms with Crippen LogP contribution < -0.4 is 11.1 Å². The number of fused-ring (bicyclic) bond motifs is 1. The second-order valence-corrected chi connectivity index (χ2v) is 10.7. The minimum Gasteiger partial charge on any atom is -0.465 e. The van der Waals surface area contributed by atoms with E-state index in [1.807, 2.05) is 42.5 Å². The molecule has 0 aliphatic rings. The molecule has 10 nitrogen and oxygen atoms in total. The second kappa shape index (κ2) is 12.4. The molecule has 1 heterocycles. The maximum atomic E-state index is 12.8. The van der Waals surface area contributed by atoms with Gasteiger partial charge in [-0.3, -0.25) is 15.2 Å². The summed E-state index contributed by atoms with van der Waals surface area (Å²) in [7, 11) is 0. The van der Waals surface area contributed by atoms with Crippen LogP contribution in [0, 0.1) is 0 Å². The molecule has 3 aromatic rings. The van der Waals surface area contributed by atoms with Gasteiger partial charge >= 0.3 is 12.2 Å². The van der Waals surface area contributed by atoms with Gasteiger partial charge < -0.3 is 25.8 Å². The first kappa shape index (κ1) is 29.8. The Balaban J connectivity index is 1.99. The molecule has 0 aliphatic carbocycles. The number of aliphatic hydroxyl groups is 2. The number of nitrogens with zero attached hydrogens (tertiary/aromatic N) is 2. The molecular weight excluding hydrogens is 500 g/mol. The fourth-order valence-corrected chi connectivity index (χ4v) is 4.43. The first-order valence-corrected chi connectivity index (χ1v) is 12.8. The number of aromatic nitrogens is 1. The van der Waals surface area contributed by atoms with Gasteiger partial charge in [0.05, 0.1) is 17.7 Å². The Bertz CT molecular complexity index is 1260. The van der Waals surface area contributed by atoms with Gasteiger partial charge in [0.1, 0.15) is 17.4 Å². The molecule has 4 atom stereocenters. The average Bonchev–Trinajstić information content (AvgIpc) is 2.86. The van der Waals surface area contributed by atoms with Crippen molar-refractivity contribution in [3.05, 3.63) is 78.0 Å². The van der Waals surface area contributed by atoms with Crippen molar-refractivity contribution in [2.75, 3.05) is 0 Å². The van der Waals surface area contributed by atoms with E-state index >= 15 is 0 Å². The largest absolute Gasteiger partial charge is 0.465 e. The third-order valence-corrected chi connectivity index (χ3v) is 6.41. The highest BCUT2D eigenvalue weighted by Gasteiger charge is 2.47. The molecule has 2 aromatic carbocycles. The van der Waals surface area contributed by atoms with Gasteiger partial charge in [-0.2, -0.15) is 0 Å². The number of aryl methyl sites for hydroxylation is 1. The van der Waals surface area contributed by atoms with Crippen molar-refractivity contribution in [2.45, 2.75) is 76.6 Å². The van der Waals surface area contributed by atoms with Crippen LogP contribution in [0.5, 0.6) is 0 Å². The summed E-state index contributed by atoms with van der Waals surface area (Å²) >= 11 is 0. The monoisotopic (exact) mass is 538 g/mol. The maximum absolute atomic E-state index is 12.8. The Labute approximate surface area is 228 Å². The number of carbonyl (C=O) groups excluding carboxylic acids is 1. The Kier molecular flexibility index (Phi) is 9.49. The normalized spacial score (nSPS) is 15.6. The molecule has 1 aromatic heterocycles. The predicted octanol–water partition coefficient (Wildman–Crippen LogP) is 3.64. The Morgan fingerprint density at radius 1 is 1.05 bits per heavy atom. The average molecular weight is 539 g/mol. The number of alkyl carbamates (subject to hydrolysis) is 1. The number of carboxylic acid groups (broad SMARTS) is 1. The number of pyridine rings is 1. The third kappa shape index (κ3) is 7.89. The van der Waals surface area contributed by atoms with E-state index in [2.05, 4.69) is 10.3 Å². The molecule has 3 rings (SSSR count). The van der Waals surface area contributed by atoms with Crippen LogP contribution in [-0.2, 0) is 17.6 Å². The van der Waals surface area contributed by atoms with Crippen LogP contribution in [0.3, 0.4) is 0 Å². The van der Waals surface area contributed by atoms with Gasteiger partial charge in [-0.05, 0) is 69.9 Å². The Hall–Kier alpha value is -3.73. The molecule has 39 heavy (non-hydrogen) atoms. The summed E-state index contributed by atoms with van der Waals surface area (Å²) in [6.45, 7) is 6.37. The first-order chi connectivity index (χ1) is 18.3. The predicted molar refractivity (Wildman–Crippen MR) is 148 cm³/mol. The Morgan fingerprint density at radius 2 is 1.74 bits per heavy atom. The van der Waals surface area contributed by atoms with Gasteiger partial charge in [-0.15, -0.1) is 0 Å². The van der Waals surface area contributed by atoms with Crippen LogP contribution in [-0.4, -0.2) is 67.0 Å². The molecule has 0 saturated heterocycles. The first-order valence-electron chi connectivity index (χ1n) is 12.8. The number of rotatable bonds is 10. The topological polar surface area (TPSA) is 158 Å². The molecule has 0 saturated carbocycles. The van der Waals surface area contributed by atoms with Crippen molar-refractivity contribution >= 4 is 23.1 Å². The highest BCUT2D eigenvalue weighted by atomic mass is 16.6. The summed E-state index contributed by atoms with van der Waals surface area (Å²) in [5.74, 6) is 0. The highest BCUT2D eigenvalue weighted by Crippen LogP contribution is 2.27. The summed E-state index contributed by atoms with van der Waals surface area (Å²) in [6.07, 6.45) is -4.68. The van der Waals surface area contributed by atoms with E-state index in [1.165, 1.54) is 6.92 Å². The summed E-state index contributed by atoms with van der Waals surface area (Å²) in [5.41, 5.74) is 6.19. The van der Waals surface area contributed by atoms with E-state index in [-0.39, 0.29) is 12.8 Å². The highest BCUT2D eigenvalue weighted by molar-refractivity contribution is 5.79. The van der Waals surface area contributed by atoms with Gasteiger partial charge in [0.2, 0.25) is 0 Å². The lowest BCUT2D eigenvalue weighted by Crippen LogP contribution is -2.73. The number of aliphatic hydroxyl groups excluding tert-OH is 2. The zero-order chi connectivity index (χ0) is 28.8. The van der Waals surface area contributed by atoms with Crippen LogP contribution in [0.2, 0.25) is 0 Å². The summed E-state index contributed by atoms with van der Waals surface area (Å²) in [4.78, 5) is 30.6. The van der Waals surface area contributed by atoms with Crippen LogP contribution >= 0.6 is 0 Å². The number of hydrogen-bond acceptors (Lipinski definition) is 7. The number of nitrogens with two attached hydrogens (primary N) is 1. The van der Waals surface area contributed by atoms with Gasteiger partial charge in [0, 0.05) is 18.0 Å². The van der Waals surface area contributed by atoms with Crippen molar-refractivity contribution in [3.8, 4) is 0 Å². The number of ether oxygens (including phenoxy) is 1. The molecule has 2 amide bonds. The lowest BCUT2D eigenvalue weighted by atomic mass is 9.91. The van der Waals surface area contributed by atoms with Crippen LogP contribution in [0.25, 0.3) is 10.9 Å². The molecule has 0 aliphatic heterocycles. The zero-order valence-corrected chi connectivity index (χ0v) is 22.7. The maximum Gasteiger partial charge on any atom is 0.410 e. The van der Waals surface area contributed by atoms with Crippen LogP contribution in [0.4, 0.5) is 9.59 Å². The van der Waals surface area contributed by atoms with Crippen molar-refractivity contribution in [1.29, 1.82) is 0 Å². The summed E-state index contributed by atoms with van der Waals surface area (Å²) < 4.78 is 5.36. The van der Waals surface area contributed by atoms with Crippen molar-refractivity contribution < 1.29 is 29.6 Å². The van der Waals surface area contributed by atoms with E-state index in [4.69, 9.17) is 10.5 Å². The lowest BCUT2D eigenvalue weighted by Gasteiger charge is -2.46. The number of nitrogens with one attached hydrogen (secondary N) is 1. The summed E-state index contributed by atoms with van der Waals surface area (Å²) in [6, 6.07) is 18.3. The molecule has 210 valence electrons. The number of benzene rings is 2.